The van der Waals surface area contributed by atoms with Gasteiger partial charge in [0.25, 0.3) is 0 Å². The lowest BCUT2D eigenvalue weighted by Gasteiger charge is -2.30. The smallest absolute Gasteiger partial charge is 0.241 e. The number of rotatable bonds is 7. The highest BCUT2D eigenvalue weighted by molar-refractivity contribution is 7.92. The first-order chi connectivity index (χ1) is 16.2. The largest absolute Gasteiger partial charge is 0.338 e. The summed E-state index contributed by atoms with van der Waals surface area (Å²) in [5.41, 5.74) is 3.17. The highest BCUT2D eigenvalue weighted by Gasteiger charge is 2.26. The number of piperidine rings is 1. The Morgan fingerprint density at radius 3 is 2.56 bits per heavy atom. The predicted octanol–water partition coefficient (Wildman–Crippen LogP) is 3.29. The van der Waals surface area contributed by atoms with Crippen molar-refractivity contribution < 1.29 is 17.7 Å². The Morgan fingerprint density at radius 1 is 1.18 bits per heavy atom. The van der Waals surface area contributed by atoms with Crippen LogP contribution in [0.25, 0.3) is 11.4 Å². The second-order valence-corrected chi connectivity index (χ2v) is 10.7. The zero-order valence-electron chi connectivity index (χ0n) is 19.6. The number of hydrogen-bond donors (Lipinski definition) is 1. The molecule has 0 aliphatic carbocycles. The number of anilines is 2. The summed E-state index contributed by atoms with van der Waals surface area (Å²) in [6.45, 7) is 4.07. The van der Waals surface area contributed by atoms with E-state index < -0.39 is 10.0 Å². The number of carbonyl (C=O) groups excluding carboxylic acids is 1. The van der Waals surface area contributed by atoms with Gasteiger partial charge in [-0.05, 0) is 51.1 Å². The summed E-state index contributed by atoms with van der Waals surface area (Å²) in [4.78, 5) is 19.5. The number of carbonyl (C=O) groups is 1. The Labute approximate surface area is 199 Å². The number of likely N-dealkylation sites (tertiary alicyclic amines) is 1. The molecule has 0 saturated carbocycles. The third-order valence-corrected chi connectivity index (χ3v) is 7.28. The van der Waals surface area contributed by atoms with E-state index in [0.29, 0.717) is 42.5 Å². The molecule has 0 bridgehead atoms. The Morgan fingerprint density at radius 2 is 1.88 bits per heavy atom. The summed E-state index contributed by atoms with van der Waals surface area (Å²) >= 11 is 0. The number of amides is 1. The van der Waals surface area contributed by atoms with Crippen LogP contribution >= 0.6 is 0 Å². The van der Waals surface area contributed by atoms with Crippen molar-refractivity contribution in [2.45, 2.75) is 26.3 Å². The molecule has 2 heterocycles. The van der Waals surface area contributed by atoms with Crippen LogP contribution < -0.4 is 9.62 Å². The van der Waals surface area contributed by atoms with Gasteiger partial charge in [0.2, 0.25) is 27.6 Å². The monoisotopic (exact) mass is 483 g/mol. The average molecular weight is 484 g/mol. The van der Waals surface area contributed by atoms with Crippen molar-refractivity contribution in [3.8, 4) is 11.4 Å². The van der Waals surface area contributed by atoms with E-state index in [9.17, 15) is 13.2 Å². The average Bonchev–Trinajstić information content (AvgIpc) is 3.27. The van der Waals surface area contributed by atoms with Crippen LogP contribution in [0.15, 0.2) is 53.1 Å². The lowest BCUT2D eigenvalue weighted by Crippen LogP contribution is -2.37. The van der Waals surface area contributed by atoms with Crippen molar-refractivity contribution in [3.05, 3.63) is 60.0 Å². The number of hydrogen-bond acceptors (Lipinski definition) is 7. The van der Waals surface area contributed by atoms with Gasteiger partial charge in [-0.1, -0.05) is 41.1 Å². The van der Waals surface area contributed by atoms with Gasteiger partial charge < -0.3 is 9.84 Å². The van der Waals surface area contributed by atoms with Gasteiger partial charge in [0.1, 0.15) is 0 Å². The molecule has 2 aromatic carbocycles. The van der Waals surface area contributed by atoms with Crippen LogP contribution in [0.1, 0.15) is 24.3 Å². The number of nitrogens with zero attached hydrogens (tertiary/aromatic N) is 4. The Balaban J connectivity index is 1.29. The molecule has 4 rings (SSSR count). The van der Waals surface area contributed by atoms with Gasteiger partial charge in [-0.3, -0.25) is 14.0 Å². The van der Waals surface area contributed by atoms with Crippen molar-refractivity contribution in [2.24, 2.45) is 5.92 Å². The molecule has 34 heavy (non-hydrogen) atoms. The molecule has 180 valence electrons. The van der Waals surface area contributed by atoms with E-state index in [1.807, 2.05) is 31.2 Å². The molecule has 10 heteroatoms. The maximum Gasteiger partial charge on any atom is 0.241 e. The zero-order chi connectivity index (χ0) is 24.3. The van der Waals surface area contributed by atoms with Gasteiger partial charge in [-0.25, -0.2) is 8.42 Å². The lowest BCUT2D eigenvalue weighted by molar-refractivity contribution is -0.121. The second-order valence-electron chi connectivity index (χ2n) is 8.70. The first-order valence-electron chi connectivity index (χ1n) is 11.2. The van der Waals surface area contributed by atoms with E-state index >= 15 is 0 Å². The topological polar surface area (TPSA) is 109 Å². The molecule has 1 amide bonds. The molecule has 0 unspecified atom stereocenters. The maximum absolute atomic E-state index is 12.8. The van der Waals surface area contributed by atoms with E-state index in [1.54, 1.807) is 24.3 Å². The summed E-state index contributed by atoms with van der Waals surface area (Å²) < 4.78 is 30.2. The summed E-state index contributed by atoms with van der Waals surface area (Å²) in [5.74, 6) is 0.968. The van der Waals surface area contributed by atoms with Crippen molar-refractivity contribution in [3.63, 3.8) is 0 Å². The van der Waals surface area contributed by atoms with Crippen molar-refractivity contribution in [2.75, 3.05) is 36.0 Å². The van der Waals surface area contributed by atoms with Crippen LogP contribution in [-0.2, 0) is 21.4 Å². The van der Waals surface area contributed by atoms with Gasteiger partial charge in [0.05, 0.1) is 18.5 Å². The molecule has 0 atom stereocenters. The van der Waals surface area contributed by atoms with E-state index in [-0.39, 0.29) is 11.8 Å². The molecule has 0 spiro atoms. The summed E-state index contributed by atoms with van der Waals surface area (Å²) in [7, 11) is -1.89. The van der Waals surface area contributed by atoms with Gasteiger partial charge in [-0.15, -0.1) is 0 Å². The SMILES string of the molecule is Cc1ccc(-c2noc(CN3CCC(C(=O)Nc4cccc(N(C)S(C)(=O)=O)c4)CC3)n2)cc1. The number of nitrogens with one attached hydrogen (secondary N) is 1. The van der Waals surface area contributed by atoms with E-state index in [2.05, 4.69) is 20.4 Å². The summed E-state index contributed by atoms with van der Waals surface area (Å²) in [6.07, 6.45) is 2.57. The molecule has 1 saturated heterocycles. The first-order valence-corrected chi connectivity index (χ1v) is 13.0. The molecule has 0 radical (unpaired) electrons. The number of benzene rings is 2. The molecule has 1 fully saturated rings. The number of aryl methyl sites for hydroxylation is 1. The van der Waals surface area contributed by atoms with Gasteiger partial charge in [-0.2, -0.15) is 4.98 Å². The van der Waals surface area contributed by atoms with Crippen molar-refractivity contribution in [1.82, 2.24) is 15.0 Å². The first kappa shape index (κ1) is 23.9. The van der Waals surface area contributed by atoms with Crippen molar-refractivity contribution in [1.29, 1.82) is 0 Å². The maximum atomic E-state index is 12.8. The van der Waals surface area contributed by atoms with Crippen LogP contribution in [0.5, 0.6) is 0 Å². The normalized spacial score (nSPS) is 15.3. The van der Waals surface area contributed by atoms with Gasteiger partial charge >= 0.3 is 0 Å². The van der Waals surface area contributed by atoms with Crippen LogP contribution in [0.4, 0.5) is 11.4 Å². The zero-order valence-corrected chi connectivity index (χ0v) is 20.4. The molecule has 1 aromatic heterocycles. The number of sulfonamides is 1. The van der Waals surface area contributed by atoms with Crippen molar-refractivity contribution >= 4 is 27.3 Å². The minimum atomic E-state index is -3.37. The fourth-order valence-corrected chi connectivity index (χ4v) is 4.40. The minimum absolute atomic E-state index is 0.0572. The molecule has 3 aromatic rings. The fourth-order valence-electron chi connectivity index (χ4n) is 3.90. The minimum Gasteiger partial charge on any atom is -0.338 e. The third kappa shape index (κ3) is 5.81. The fraction of sp³-hybridized carbons (Fsp3) is 0.375. The van der Waals surface area contributed by atoms with Gasteiger partial charge in [0, 0.05) is 24.2 Å². The quantitative estimate of drug-likeness (QED) is 0.549. The Kier molecular flexibility index (Phi) is 6.99. The summed E-state index contributed by atoms with van der Waals surface area (Å²) in [5, 5.41) is 7.02. The Bertz CT molecular complexity index is 1250. The molecule has 9 nitrogen and oxygen atoms in total. The van der Waals surface area contributed by atoms with Crippen LogP contribution in [0, 0.1) is 12.8 Å². The van der Waals surface area contributed by atoms with Gasteiger partial charge in [0.15, 0.2) is 0 Å². The van der Waals surface area contributed by atoms with E-state index in [0.717, 1.165) is 24.9 Å². The van der Waals surface area contributed by atoms with Crippen LogP contribution in [0.3, 0.4) is 0 Å². The highest BCUT2D eigenvalue weighted by atomic mass is 32.2. The third-order valence-electron chi connectivity index (χ3n) is 6.07. The predicted molar refractivity (Wildman–Crippen MR) is 131 cm³/mol. The highest BCUT2D eigenvalue weighted by Crippen LogP contribution is 2.24. The second kappa shape index (κ2) is 9.94. The van der Waals surface area contributed by atoms with Crippen LogP contribution in [0.2, 0.25) is 0 Å². The number of aromatic nitrogens is 2. The van der Waals surface area contributed by atoms with Crippen LogP contribution in [-0.4, -0.2) is 55.8 Å². The molecular weight excluding hydrogens is 454 g/mol. The molecule has 1 aliphatic rings. The standard InChI is InChI=1S/C24H29N5O4S/c1-17-7-9-18(10-8-17)23-26-22(33-27-23)16-29-13-11-19(12-14-29)24(30)25-20-5-4-6-21(15-20)28(2)34(3,31)32/h4-10,15,19H,11-14,16H2,1-3H3,(H,25,30). The van der Waals surface area contributed by atoms with E-state index in [4.69, 9.17) is 4.52 Å². The summed E-state index contributed by atoms with van der Waals surface area (Å²) in [6, 6.07) is 14.8. The Hall–Kier alpha value is -3.24. The van der Waals surface area contributed by atoms with E-state index in [1.165, 1.54) is 16.9 Å². The lowest BCUT2D eigenvalue weighted by atomic mass is 9.96. The molecule has 1 N–H and O–H groups in total. The molecular formula is C24H29N5O4S. The molecule has 1 aliphatic heterocycles.